The summed E-state index contributed by atoms with van der Waals surface area (Å²) in [6.07, 6.45) is 0. The van der Waals surface area contributed by atoms with Crippen molar-refractivity contribution in [2.45, 2.75) is 0 Å². The number of hydrogen-bond donors (Lipinski definition) is 0. The fourth-order valence-electron chi connectivity index (χ4n) is 13.3. The van der Waals surface area contributed by atoms with Crippen LogP contribution < -0.4 is 11.1 Å². The number of nitrogens with zero attached hydrogens (tertiary/aromatic N) is 4. The molecule has 0 saturated carbocycles. The lowest BCUT2D eigenvalue weighted by molar-refractivity contribution is 1.15. The van der Waals surface area contributed by atoms with Gasteiger partial charge >= 0.3 is 0 Å². The molecule has 0 spiro atoms. The summed E-state index contributed by atoms with van der Waals surface area (Å²) in [5, 5.41) is 27.3. The molecule has 0 saturated heterocycles. The number of aromatic nitrogens is 4. The van der Waals surface area contributed by atoms with Gasteiger partial charge in [0.25, 0.3) is 11.1 Å². The predicted molar refractivity (Wildman–Crippen MR) is 284 cm³/mol. The molecule has 0 unspecified atom stereocenters. The highest BCUT2D eigenvalue weighted by Gasteiger charge is 2.26. The molecule has 4 aromatic heterocycles. The topological polar surface area (TPSA) is 68.7 Å². The quantitative estimate of drug-likeness (QED) is 0.112. The molecule has 0 amide bonds. The van der Waals surface area contributed by atoms with Gasteiger partial charge in [-0.05, 0) is 135 Å². The van der Waals surface area contributed by atoms with Crippen molar-refractivity contribution < 1.29 is 0 Å². The molecule has 308 valence electrons. The average Bonchev–Trinajstić information content (AvgIpc) is 3.38. The molecule has 14 aromatic carbocycles. The Hall–Kier alpha value is -9.26. The van der Waals surface area contributed by atoms with Gasteiger partial charge in [-0.3, -0.25) is 18.4 Å². The lowest BCUT2D eigenvalue weighted by Gasteiger charge is -2.22. The Kier molecular flexibility index (Phi) is 5.63. The monoisotopic (exact) mass is 860 g/mol. The van der Waals surface area contributed by atoms with Crippen LogP contribution in [0.15, 0.2) is 179 Å². The van der Waals surface area contributed by atoms with Crippen molar-refractivity contribution in [3.8, 4) is 0 Å². The highest BCUT2D eigenvalue weighted by Crippen LogP contribution is 2.50. The predicted octanol–water partition coefficient (Wildman–Crippen LogP) is 14.8. The van der Waals surface area contributed by atoms with Gasteiger partial charge in [0.05, 0.1) is 22.1 Å². The summed E-state index contributed by atoms with van der Waals surface area (Å²) in [5.41, 5.74) is 4.78. The molecule has 6 heteroatoms. The lowest BCUT2D eigenvalue weighted by atomic mass is 9.82. The molecular formula is C62H28N4O2. The first-order chi connectivity index (χ1) is 33.6. The third kappa shape index (κ3) is 3.68. The molecule has 68 heavy (non-hydrogen) atoms. The molecule has 0 fully saturated rings. The van der Waals surface area contributed by atoms with Gasteiger partial charge in [0, 0.05) is 53.9 Å². The summed E-state index contributed by atoms with van der Waals surface area (Å²) < 4.78 is 3.72. The second kappa shape index (κ2) is 11.2. The first-order valence-electron chi connectivity index (χ1n) is 23.2. The standard InChI is InChI=1S/C62H28N4O2/c67-61-45-25-21-41-37-17-18-38-42-22-26-46-55-43(59-63-47-13-5-9-31-28-30-8-2-4-12-34(30)58(49(31)47)66(59)62(46)68)23-19-39(53(42)55)35-15-16-36(52(37)51(35)38)40-20-24-44(56(45)54(40)41)60-64-57-33-11-3-1-7-29(33)27-32-10-6-14-48(50(32)57)65(60)61/h1-28H. The zero-order valence-electron chi connectivity index (χ0n) is 35.8. The zero-order valence-corrected chi connectivity index (χ0v) is 35.8. The minimum atomic E-state index is -0.0608. The summed E-state index contributed by atoms with van der Waals surface area (Å²) in [5.74, 6) is 0. The maximum Gasteiger partial charge on any atom is 0.264 e. The van der Waals surface area contributed by atoms with Crippen LogP contribution in [0.4, 0.5) is 0 Å². The fraction of sp³-hybridized carbons (Fsp3) is 0. The van der Waals surface area contributed by atoms with Crippen molar-refractivity contribution in [2.24, 2.45) is 0 Å². The number of hydrogen-bond acceptors (Lipinski definition) is 4. The van der Waals surface area contributed by atoms with Crippen molar-refractivity contribution >= 4 is 173 Å². The summed E-state index contributed by atoms with van der Waals surface area (Å²) in [6, 6.07) is 60.0. The maximum absolute atomic E-state index is 15.2. The van der Waals surface area contributed by atoms with Crippen LogP contribution in [0.25, 0.3) is 173 Å². The molecule has 0 aliphatic rings. The van der Waals surface area contributed by atoms with Crippen LogP contribution in [0.5, 0.6) is 0 Å². The number of rotatable bonds is 0. The van der Waals surface area contributed by atoms with Crippen molar-refractivity contribution in [3.05, 3.63) is 191 Å². The van der Waals surface area contributed by atoms with E-state index in [-0.39, 0.29) is 11.1 Å². The van der Waals surface area contributed by atoms with Crippen LogP contribution in [0, 0.1) is 0 Å². The van der Waals surface area contributed by atoms with Crippen LogP contribution >= 0.6 is 0 Å². The van der Waals surface area contributed by atoms with Crippen molar-refractivity contribution in [1.29, 1.82) is 0 Å². The van der Waals surface area contributed by atoms with Gasteiger partial charge in [-0.1, -0.05) is 121 Å². The molecule has 18 aromatic rings. The van der Waals surface area contributed by atoms with Crippen LogP contribution in [0.3, 0.4) is 0 Å². The SMILES string of the molecule is O=c1c2ccc3c4ccc5c6ccc7c(=O)n8c(nc9cccc%10cc%11ccccc%11c8c%109)c8ccc(c9ccc(c%10ccc(c2c3%10)c2nc3c%10ccccc%10cc%10cccc(c%103)n12)c4c59)c6c78. The Morgan fingerprint density at radius 3 is 1.28 bits per heavy atom. The molecule has 0 radical (unpaired) electrons. The molecule has 6 nitrogen and oxygen atoms in total. The van der Waals surface area contributed by atoms with Crippen LogP contribution in [-0.2, 0) is 0 Å². The number of pyridine rings is 2. The van der Waals surface area contributed by atoms with Crippen LogP contribution in [0.1, 0.15) is 0 Å². The van der Waals surface area contributed by atoms with E-state index < -0.39 is 0 Å². The third-order valence-electron chi connectivity index (χ3n) is 16.0. The van der Waals surface area contributed by atoms with Crippen LogP contribution in [0.2, 0.25) is 0 Å². The third-order valence-corrected chi connectivity index (χ3v) is 16.0. The molecule has 0 bridgehead atoms. The minimum absolute atomic E-state index is 0.0600. The summed E-state index contributed by atoms with van der Waals surface area (Å²) in [6.45, 7) is 0. The molecular weight excluding hydrogens is 833 g/mol. The van der Waals surface area contributed by atoms with E-state index in [0.717, 1.165) is 141 Å². The van der Waals surface area contributed by atoms with E-state index in [1.54, 1.807) is 0 Å². The van der Waals surface area contributed by atoms with Gasteiger partial charge in [0.15, 0.2) is 0 Å². The Balaban J connectivity index is 0.971. The number of benzene rings is 14. The van der Waals surface area contributed by atoms with E-state index in [1.807, 2.05) is 33.1 Å². The summed E-state index contributed by atoms with van der Waals surface area (Å²) in [4.78, 5) is 40.9. The Morgan fingerprint density at radius 2 is 0.706 bits per heavy atom. The fourth-order valence-corrected chi connectivity index (χ4v) is 13.3. The first-order valence-corrected chi connectivity index (χ1v) is 23.2. The Labute approximate surface area is 381 Å². The normalized spacial score (nSPS) is 13.1. The largest absolute Gasteiger partial charge is 0.268 e. The Bertz CT molecular complexity index is 5350. The van der Waals surface area contributed by atoms with Gasteiger partial charge < -0.3 is 0 Å². The number of fused-ring (bicyclic) bond motifs is 14. The van der Waals surface area contributed by atoms with Gasteiger partial charge in [-0.2, -0.15) is 0 Å². The van der Waals surface area contributed by atoms with Gasteiger partial charge in [0.1, 0.15) is 11.3 Å². The highest BCUT2D eigenvalue weighted by molar-refractivity contribution is 6.45. The van der Waals surface area contributed by atoms with Crippen LogP contribution in [-0.4, -0.2) is 18.8 Å². The van der Waals surface area contributed by atoms with Crippen molar-refractivity contribution in [2.75, 3.05) is 0 Å². The minimum Gasteiger partial charge on any atom is -0.268 e. The second-order valence-corrected chi connectivity index (χ2v) is 19.0. The Morgan fingerprint density at radius 1 is 0.294 bits per heavy atom. The molecule has 18 rings (SSSR count). The molecule has 4 heterocycles. The average molecular weight is 861 g/mol. The molecule has 0 aliphatic heterocycles. The van der Waals surface area contributed by atoms with E-state index in [1.165, 1.54) is 10.8 Å². The maximum atomic E-state index is 15.2. The highest BCUT2D eigenvalue weighted by atomic mass is 16.1. The van der Waals surface area contributed by atoms with Crippen molar-refractivity contribution in [3.63, 3.8) is 0 Å². The second-order valence-electron chi connectivity index (χ2n) is 19.0. The molecule has 0 atom stereocenters. The van der Waals surface area contributed by atoms with Crippen molar-refractivity contribution in [1.82, 2.24) is 18.8 Å². The van der Waals surface area contributed by atoms with Gasteiger partial charge in [-0.25, -0.2) is 9.97 Å². The summed E-state index contributed by atoms with van der Waals surface area (Å²) in [7, 11) is 0. The van der Waals surface area contributed by atoms with E-state index in [9.17, 15) is 4.79 Å². The van der Waals surface area contributed by atoms with E-state index in [0.29, 0.717) is 22.1 Å². The smallest absolute Gasteiger partial charge is 0.264 e. The van der Waals surface area contributed by atoms with E-state index >= 15 is 4.79 Å². The zero-order chi connectivity index (χ0) is 44.0. The van der Waals surface area contributed by atoms with E-state index in [2.05, 4.69) is 146 Å². The molecule has 0 aliphatic carbocycles. The lowest BCUT2D eigenvalue weighted by Crippen LogP contribution is -2.17. The van der Waals surface area contributed by atoms with Gasteiger partial charge in [0.2, 0.25) is 0 Å². The van der Waals surface area contributed by atoms with Gasteiger partial charge in [-0.15, -0.1) is 0 Å². The van der Waals surface area contributed by atoms with E-state index in [4.69, 9.17) is 9.97 Å². The molecule has 0 N–H and O–H groups in total. The first kappa shape index (κ1) is 34.1. The summed E-state index contributed by atoms with van der Waals surface area (Å²) >= 11 is 0.